The van der Waals surface area contributed by atoms with Gasteiger partial charge >= 0.3 is 0 Å². The van der Waals surface area contributed by atoms with Crippen LogP contribution < -0.4 is 5.32 Å². The Morgan fingerprint density at radius 1 is 1.20 bits per heavy atom. The third-order valence-electron chi connectivity index (χ3n) is 3.54. The summed E-state index contributed by atoms with van der Waals surface area (Å²) in [5.74, 6) is 1.60. The molecule has 0 radical (unpaired) electrons. The molecule has 0 bridgehead atoms. The Balaban J connectivity index is 1.71. The van der Waals surface area contributed by atoms with Crippen LogP contribution in [0.3, 0.4) is 0 Å². The van der Waals surface area contributed by atoms with Crippen LogP contribution in [0.4, 0.5) is 5.69 Å². The Hall–Kier alpha value is -2.14. The first-order valence-corrected chi connectivity index (χ1v) is 7.61. The summed E-state index contributed by atoms with van der Waals surface area (Å²) in [6.07, 6.45) is 2.31. The SMILES string of the molecule is c1csc(-c2nc(-c3ccc4c(c3)CCCN4)n[nH]2)c1. The topological polar surface area (TPSA) is 53.6 Å². The van der Waals surface area contributed by atoms with Crippen molar-refractivity contribution in [3.8, 4) is 22.1 Å². The van der Waals surface area contributed by atoms with E-state index < -0.39 is 0 Å². The number of aryl methyl sites for hydroxylation is 1. The molecule has 5 heteroatoms. The number of thiophene rings is 1. The van der Waals surface area contributed by atoms with Gasteiger partial charge in [-0.15, -0.1) is 11.3 Å². The van der Waals surface area contributed by atoms with E-state index in [0.717, 1.165) is 35.1 Å². The summed E-state index contributed by atoms with van der Waals surface area (Å²) in [4.78, 5) is 5.71. The average Bonchev–Trinajstić information content (AvgIpc) is 3.17. The van der Waals surface area contributed by atoms with E-state index in [1.54, 1.807) is 11.3 Å². The number of hydrogen-bond donors (Lipinski definition) is 2. The molecule has 2 N–H and O–H groups in total. The number of anilines is 1. The predicted molar refractivity (Wildman–Crippen MR) is 81.9 cm³/mol. The number of nitrogens with one attached hydrogen (secondary N) is 2. The third-order valence-corrected chi connectivity index (χ3v) is 4.42. The smallest absolute Gasteiger partial charge is 0.181 e. The molecule has 2 aromatic heterocycles. The van der Waals surface area contributed by atoms with Crippen LogP contribution in [-0.2, 0) is 6.42 Å². The molecule has 0 spiro atoms. The molecule has 3 aromatic rings. The van der Waals surface area contributed by atoms with Gasteiger partial charge in [0.1, 0.15) is 0 Å². The number of benzene rings is 1. The first kappa shape index (κ1) is 11.7. The molecule has 0 saturated heterocycles. The quantitative estimate of drug-likeness (QED) is 0.755. The van der Waals surface area contributed by atoms with Crippen LogP contribution in [-0.4, -0.2) is 21.7 Å². The molecule has 1 aliphatic heterocycles. The summed E-state index contributed by atoms with van der Waals surface area (Å²) in [6, 6.07) is 10.5. The van der Waals surface area contributed by atoms with E-state index in [1.165, 1.54) is 17.7 Å². The van der Waals surface area contributed by atoms with Gasteiger partial charge in [-0.25, -0.2) is 4.98 Å². The van der Waals surface area contributed by atoms with Crippen molar-refractivity contribution in [3.05, 3.63) is 41.3 Å². The highest BCUT2D eigenvalue weighted by atomic mass is 32.1. The van der Waals surface area contributed by atoms with Crippen molar-refractivity contribution < 1.29 is 0 Å². The van der Waals surface area contributed by atoms with Crippen LogP contribution in [0.25, 0.3) is 22.1 Å². The number of fused-ring (bicyclic) bond motifs is 1. The minimum atomic E-state index is 0.766. The molecule has 100 valence electrons. The van der Waals surface area contributed by atoms with Gasteiger partial charge in [0.05, 0.1) is 4.88 Å². The molecule has 3 heterocycles. The Morgan fingerprint density at radius 2 is 2.20 bits per heavy atom. The lowest BCUT2D eigenvalue weighted by molar-refractivity contribution is 0.830. The van der Waals surface area contributed by atoms with Crippen LogP contribution in [0.5, 0.6) is 0 Å². The van der Waals surface area contributed by atoms with Crippen molar-refractivity contribution in [2.75, 3.05) is 11.9 Å². The van der Waals surface area contributed by atoms with E-state index in [9.17, 15) is 0 Å². The van der Waals surface area contributed by atoms with Crippen molar-refractivity contribution in [2.24, 2.45) is 0 Å². The maximum absolute atomic E-state index is 4.60. The fraction of sp³-hybridized carbons (Fsp3) is 0.200. The van der Waals surface area contributed by atoms with E-state index in [0.29, 0.717) is 0 Å². The number of rotatable bonds is 2. The van der Waals surface area contributed by atoms with Crippen molar-refractivity contribution in [1.82, 2.24) is 15.2 Å². The van der Waals surface area contributed by atoms with Gasteiger partial charge in [0.2, 0.25) is 0 Å². The maximum Gasteiger partial charge on any atom is 0.181 e. The zero-order valence-corrected chi connectivity index (χ0v) is 11.7. The standard InChI is InChI=1S/C15H14N4S/c1-3-10-9-11(5-6-12(10)16-7-1)14-17-15(19-18-14)13-4-2-8-20-13/h2,4-6,8-9,16H,1,3,7H2,(H,17,18,19). The molecule has 0 amide bonds. The fourth-order valence-electron chi connectivity index (χ4n) is 2.53. The van der Waals surface area contributed by atoms with Gasteiger partial charge in [-0.1, -0.05) is 6.07 Å². The molecule has 0 aliphatic carbocycles. The first-order valence-electron chi connectivity index (χ1n) is 6.73. The maximum atomic E-state index is 4.60. The minimum Gasteiger partial charge on any atom is -0.385 e. The predicted octanol–water partition coefficient (Wildman–Crippen LogP) is 3.56. The summed E-state index contributed by atoms with van der Waals surface area (Å²) < 4.78 is 0. The zero-order valence-electron chi connectivity index (χ0n) is 10.9. The third kappa shape index (κ3) is 2.00. The summed E-state index contributed by atoms with van der Waals surface area (Å²) in [7, 11) is 0. The van der Waals surface area contributed by atoms with Gasteiger partial charge in [-0.3, -0.25) is 5.10 Å². The van der Waals surface area contributed by atoms with Crippen molar-refractivity contribution in [2.45, 2.75) is 12.8 Å². The Kier molecular flexibility index (Phi) is 2.77. The highest BCUT2D eigenvalue weighted by molar-refractivity contribution is 7.13. The highest BCUT2D eigenvalue weighted by Crippen LogP contribution is 2.28. The molecule has 20 heavy (non-hydrogen) atoms. The normalized spacial score (nSPS) is 13.8. The largest absolute Gasteiger partial charge is 0.385 e. The molecule has 4 rings (SSSR count). The zero-order chi connectivity index (χ0) is 13.4. The second-order valence-electron chi connectivity index (χ2n) is 4.89. The molecule has 0 atom stereocenters. The Labute approximate surface area is 120 Å². The van der Waals surface area contributed by atoms with Crippen LogP contribution in [0.15, 0.2) is 35.7 Å². The van der Waals surface area contributed by atoms with Gasteiger partial charge in [0, 0.05) is 17.8 Å². The number of H-pyrrole nitrogens is 1. The van der Waals surface area contributed by atoms with Gasteiger partial charge in [-0.2, -0.15) is 5.10 Å². The molecule has 4 nitrogen and oxygen atoms in total. The van der Waals surface area contributed by atoms with E-state index in [1.807, 2.05) is 17.5 Å². The van der Waals surface area contributed by atoms with Crippen LogP contribution in [0, 0.1) is 0 Å². The van der Waals surface area contributed by atoms with Gasteiger partial charge < -0.3 is 5.32 Å². The lowest BCUT2D eigenvalue weighted by Crippen LogP contribution is -2.11. The summed E-state index contributed by atoms with van der Waals surface area (Å²) >= 11 is 1.66. The number of aromatic amines is 1. The van der Waals surface area contributed by atoms with E-state index in [2.05, 4.69) is 38.7 Å². The van der Waals surface area contributed by atoms with Gasteiger partial charge in [0.25, 0.3) is 0 Å². The molecule has 0 fully saturated rings. The van der Waals surface area contributed by atoms with E-state index >= 15 is 0 Å². The highest BCUT2D eigenvalue weighted by Gasteiger charge is 2.12. The Morgan fingerprint density at radius 3 is 3.10 bits per heavy atom. The van der Waals surface area contributed by atoms with E-state index in [4.69, 9.17) is 0 Å². The van der Waals surface area contributed by atoms with Gasteiger partial charge in [-0.05, 0) is 48.1 Å². The van der Waals surface area contributed by atoms with Crippen LogP contribution in [0.2, 0.25) is 0 Å². The average molecular weight is 282 g/mol. The molecule has 1 aromatic carbocycles. The first-order chi connectivity index (χ1) is 9.90. The number of hydrogen-bond acceptors (Lipinski definition) is 4. The van der Waals surface area contributed by atoms with Crippen molar-refractivity contribution >= 4 is 17.0 Å². The minimum absolute atomic E-state index is 0.766. The second-order valence-corrected chi connectivity index (χ2v) is 5.83. The summed E-state index contributed by atoms with van der Waals surface area (Å²) in [6.45, 7) is 1.07. The fourth-order valence-corrected chi connectivity index (χ4v) is 3.19. The monoisotopic (exact) mass is 282 g/mol. The van der Waals surface area contributed by atoms with Crippen molar-refractivity contribution in [3.63, 3.8) is 0 Å². The Bertz CT molecular complexity index is 730. The molecular formula is C15H14N4S. The van der Waals surface area contributed by atoms with Gasteiger partial charge in [0.15, 0.2) is 11.6 Å². The summed E-state index contributed by atoms with van der Waals surface area (Å²) in [5, 5.41) is 12.8. The number of aromatic nitrogens is 3. The lowest BCUT2D eigenvalue weighted by Gasteiger charge is -2.18. The van der Waals surface area contributed by atoms with Crippen LogP contribution in [0.1, 0.15) is 12.0 Å². The van der Waals surface area contributed by atoms with Crippen LogP contribution >= 0.6 is 11.3 Å². The number of nitrogens with zero attached hydrogens (tertiary/aromatic N) is 2. The molecule has 0 saturated carbocycles. The summed E-state index contributed by atoms with van der Waals surface area (Å²) in [5.41, 5.74) is 3.68. The lowest BCUT2D eigenvalue weighted by atomic mass is 10.0. The van der Waals surface area contributed by atoms with Crippen molar-refractivity contribution in [1.29, 1.82) is 0 Å². The van der Waals surface area contributed by atoms with E-state index in [-0.39, 0.29) is 0 Å². The second kappa shape index (κ2) is 4.76. The molecule has 0 unspecified atom stereocenters. The molecular weight excluding hydrogens is 268 g/mol. The molecule has 1 aliphatic rings.